The van der Waals surface area contributed by atoms with Crippen LogP contribution < -0.4 is 11.0 Å². The highest BCUT2D eigenvalue weighted by molar-refractivity contribution is 5.75. The van der Waals surface area contributed by atoms with E-state index in [9.17, 15) is 23.2 Å². The Kier molecular flexibility index (Phi) is 6.45. The standard InChI is InChI=1S/C27H27F2N7O3/c28-20-4-1-3-19(23(20)29)16-6-7-21(25-31-13-18(15-37)35(25)14-16)32-26(38)34-11-8-17(9-12-34)36-22-5-2-10-30-24(22)33-27(36)39/h1-5,10,13,15-17,21H,6-9,11-12,14H2,(H,32,38)(H,30,33,39)/t16-,21-/m1/s1. The number of imidazole rings is 2. The Morgan fingerprint density at radius 3 is 2.69 bits per heavy atom. The molecule has 2 atom stereocenters. The average Bonchev–Trinajstić information content (AvgIpc) is 3.45. The molecule has 0 radical (unpaired) electrons. The number of fused-ring (bicyclic) bond motifs is 2. The Labute approximate surface area is 221 Å². The number of urea groups is 1. The Bertz CT molecular complexity index is 1600. The van der Waals surface area contributed by atoms with E-state index in [1.165, 1.54) is 12.3 Å². The van der Waals surface area contributed by atoms with Gasteiger partial charge in [-0.3, -0.25) is 14.3 Å². The largest absolute Gasteiger partial charge is 0.328 e. The van der Waals surface area contributed by atoms with Crippen LogP contribution in [0.15, 0.2) is 47.5 Å². The highest BCUT2D eigenvalue weighted by Gasteiger charge is 2.32. The third-order valence-corrected chi connectivity index (χ3v) is 7.88. The molecule has 12 heteroatoms. The Balaban J connectivity index is 1.17. The van der Waals surface area contributed by atoms with Gasteiger partial charge in [-0.1, -0.05) is 12.1 Å². The zero-order valence-corrected chi connectivity index (χ0v) is 21.0. The first-order valence-corrected chi connectivity index (χ1v) is 13.0. The molecule has 2 N–H and O–H groups in total. The zero-order valence-electron chi connectivity index (χ0n) is 21.0. The van der Waals surface area contributed by atoms with Gasteiger partial charge in [0, 0.05) is 37.8 Å². The summed E-state index contributed by atoms with van der Waals surface area (Å²) >= 11 is 0. The molecule has 39 heavy (non-hydrogen) atoms. The number of rotatable bonds is 4. The summed E-state index contributed by atoms with van der Waals surface area (Å²) in [6.45, 7) is 1.15. The number of H-pyrrole nitrogens is 1. The number of amides is 2. The van der Waals surface area contributed by atoms with Gasteiger partial charge in [0.05, 0.1) is 17.8 Å². The van der Waals surface area contributed by atoms with Crippen LogP contribution in [0.5, 0.6) is 0 Å². The highest BCUT2D eigenvalue weighted by Crippen LogP contribution is 2.35. The predicted molar refractivity (Wildman–Crippen MR) is 137 cm³/mol. The topological polar surface area (TPSA) is 118 Å². The van der Waals surface area contributed by atoms with Gasteiger partial charge in [0.1, 0.15) is 11.5 Å². The molecule has 6 rings (SSSR count). The van der Waals surface area contributed by atoms with E-state index in [4.69, 9.17) is 0 Å². The number of nitrogens with zero attached hydrogens (tertiary/aromatic N) is 5. The molecule has 5 heterocycles. The number of likely N-dealkylation sites (tertiary alicyclic amines) is 1. The van der Waals surface area contributed by atoms with Gasteiger partial charge in [-0.05, 0) is 49.4 Å². The summed E-state index contributed by atoms with van der Waals surface area (Å²) in [5.74, 6) is -1.70. The number of carbonyl (C=O) groups is 2. The molecule has 1 aromatic carbocycles. The lowest BCUT2D eigenvalue weighted by atomic mass is 9.93. The van der Waals surface area contributed by atoms with Crippen molar-refractivity contribution in [3.05, 3.63) is 81.9 Å². The number of carbonyl (C=O) groups excluding carboxylic acids is 2. The normalized spacial score (nSPS) is 20.0. The monoisotopic (exact) mass is 535 g/mol. The zero-order chi connectivity index (χ0) is 27.1. The second kappa shape index (κ2) is 10.1. The number of aromatic amines is 1. The Morgan fingerprint density at radius 2 is 1.90 bits per heavy atom. The fourth-order valence-corrected chi connectivity index (χ4v) is 5.90. The van der Waals surface area contributed by atoms with Crippen LogP contribution in [0.1, 0.15) is 65.6 Å². The van der Waals surface area contributed by atoms with Crippen molar-refractivity contribution in [3.8, 4) is 0 Å². The van der Waals surface area contributed by atoms with E-state index < -0.39 is 23.6 Å². The highest BCUT2D eigenvalue weighted by atomic mass is 19.2. The Hall–Kier alpha value is -4.35. The van der Waals surface area contributed by atoms with Crippen molar-refractivity contribution in [3.63, 3.8) is 0 Å². The molecule has 1 fully saturated rings. The first-order chi connectivity index (χ1) is 18.9. The molecule has 4 aromatic rings. The molecule has 3 aromatic heterocycles. The minimum absolute atomic E-state index is 0.0617. The number of benzene rings is 1. The van der Waals surface area contributed by atoms with Crippen LogP contribution in [-0.4, -0.2) is 54.4 Å². The number of aromatic nitrogens is 5. The molecule has 1 saturated heterocycles. The first-order valence-electron chi connectivity index (χ1n) is 13.0. The maximum Gasteiger partial charge on any atom is 0.327 e. The smallest absolute Gasteiger partial charge is 0.327 e. The summed E-state index contributed by atoms with van der Waals surface area (Å²) in [4.78, 5) is 50.7. The lowest BCUT2D eigenvalue weighted by molar-refractivity contribution is 0.111. The van der Waals surface area contributed by atoms with Crippen LogP contribution in [0, 0.1) is 11.6 Å². The second-order valence-corrected chi connectivity index (χ2v) is 10.1. The molecular formula is C27H27F2N7O3. The second-order valence-electron chi connectivity index (χ2n) is 10.1. The van der Waals surface area contributed by atoms with Gasteiger partial charge in [-0.15, -0.1) is 0 Å². The van der Waals surface area contributed by atoms with E-state index in [1.54, 1.807) is 32.4 Å². The molecule has 0 saturated carbocycles. The maximum absolute atomic E-state index is 14.6. The molecule has 0 aliphatic carbocycles. The van der Waals surface area contributed by atoms with Crippen LogP contribution in [0.25, 0.3) is 11.2 Å². The summed E-state index contributed by atoms with van der Waals surface area (Å²) in [6.07, 6.45) is 5.85. The SMILES string of the molecule is O=Cc1cnc2n1C[C@H](c1cccc(F)c1F)CC[C@H]2NC(=O)N1CCC(n2c(=O)[nH]c3ncccc32)CC1. The molecule has 10 nitrogen and oxygen atoms in total. The number of hydrogen-bond donors (Lipinski definition) is 2. The van der Waals surface area contributed by atoms with Gasteiger partial charge < -0.3 is 14.8 Å². The number of nitrogens with one attached hydrogen (secondary N) is 2. The van der Waals surface area contributed by atoms with Crippen LogP contribution in [0.3, 0.4) is 0 Å². The molecule has 202 valence electrons. The van der Waals surface area contributed by atoms with Gasteiger partial charge in [-0.2, -0.15) is 0 Å². The maximum atomic E-state index is 14.6. The number of aldehydes is 1. The molecular weight excluding hydrogens is 508 g/mol. The number of piperidine rings is 1. The molecule has 2 aliphatic rings. The van der Waals surface area contributed by atoms with Crippen molar-refractivity contribution < 1.29 is 18.4 Å². The predicted octanol–water partition coefficient (Wildman–Crippen LogP) is 3.68. The molecule has 2 aliphatic heterocycles. The third-order valence-electron chi connectivity index (χ3n) is 7.88. The fraction of sp³-hybridized carbons (Fsp3) is 0.370. The quantitative estimate of drug-likeness (QED) is 0.387. The van der Waals surface area contributed by atoms with Crippen LogP contribution in [-0.2, 0) is 6.54 Å². The van der Waals surface area contributed by atoms with Crippen molar-refractivity contribution in [1.82, 2.24) is 34.3 Å². The molecule has 2 amide bonds. The minimum Gasteiger partial charge on any atom is -0.328 e. The summed E-state index contributed by atoms with van der Waals surface area (Å²) in [6, 6.07) is 6.90. The molecule has 0 spiro atoms. The van der Waals surface area contributed by atoms with Gasteiger partial charge in [-0.25, -0.2) is 28.3 Å². The Morgan fingerprint density at radius 1 is 1.08 bits per heavy atom. The van der Waals surface area contributed by atoms with Gasteiger partial charge in [0.15, 0.2) is 23.6 Å². The van der Waals surface area contributed by atoms with Gasteiger partial charge in [0.25, 0.3) is 0 Å². The van der Waals surface area contributed by atoms with Crippen LogP contribution in [0.4, 0.5) is 13.6 Å². The van der Waals surface area contributed by atoms with E-state index >= 15 is 0 Å². The van der Waals surface area contributed by atoms with Crippen molar-refractivity contribution in [2.75, 3.05) is 13.1 Å². The van der Waals surface area contributed by atoms with E-state index in [-0.39, 0.29) is 29.9 Å². The third kappa shape index (κ3) is 4.49. The molecule has 0 bridgehead atoms. The lowest BCUT2D eigenvalue weighted by Gasteiger charge is -2.33. The van der Waals surface area contributed by atoms with Crippen molar-refractivity contribution in [2.24, 2.45) is 0 Å². The molecule has 0 unspecified atom stereocenters. The van der Waals surface area contributed by atoms with Crippen molar-refractivity contribution >= 4 is 23.5 Å². The number of halogens is 2. The lowest BCUT2D eigenvalue weighted by Crippen LogP contribution is -2.46. The average molecular weight is 536 g/mol. The number of hydrogen-bond acceptors (Lipinski definition) is 5. The van der Waals surface area contributed by atoms with E-state index in [0.29, 0.717) is 62.2 Å². The van der Waals surface area contributed by atoms with Gasteiger partial charge in [0.2, 0.25) is 0 Å². The van der Waals surface area contributed by atoms with E-state index in [2.05, 4.69) is 20.3 Å². The van der Waals surface area contributed by atoms with Crippen LogP contribution >= 0.6 is 0 Å². The van der Waals surface area contributed by atoms with Crippen LogP contribution in [0.2, 0.25) is 0 Å². The summed E-state index contributed by atoms with van der Waals surface area (Å²) < 4.78 is 32.0. The summed E-state index contributed by atoms with van der Waals surface area (Å²) in [7, 11) is 0. The van der Waals surface area contributed by atoms with Crippen molar-refractivity contribution in [2.45, 2.75) is 50.2 Å². The summed E-state index contributed by atoms with van der Waals surface area (Å²) in [5.41, 5.74) is 1.62. The summed E-state index contributed by atoms with van der Waals surface area (Å²) in [5, 5.41) is 3.05. The minimum atomic E-state index is -0.919. The van der Waals surface area contributed by atoms with E-state index in [1.807, 2.05) is 6.07 Å². The fourth-order valence-electron chi connectivity index (χ4n) is 5.90. The van der Waals surface area contributed by atoms with Gasteiger partial charge >= 0.3 is 11.7 Å². The number of pyridine rings is 1. The van der Waals surface area contributed by atoms with Crippen molar-refractivity contribution in [1.29, 1.82) is 0 Å². The van der Waals surface area contributed by atoms with E-state index in [0.717, 1.165) is 11.6 Å². The first kappa shape index (κ1) is 25.0.